The van der Waals surface area contributed by atoms with Crippen LogP contribution in [0.2, 0.25) is 0 Å². The lowest BCUT2D eigenvalue weighted by atomic mass is 9.77. The molecule has 0 radical (unpaired) electrons. The molecule has 2 aromatic rings. The monoisotopic (exact) mass is 245 g/mol. The van der Waals surface area contributed by atoms with Crippen molar-refractivity contribution in [3.8, 4) is 0 Å². The molecule has 0 amide bonds. The Hall–Kier alpha value is -1.55. The maximum atomic E-state index is 11.9. The highest BCUT2D eigenvalue weighted by molar-refractivity contribution is 5.77. The summed E-state index contributed by atoms with van der Waals surface area (Å²) in [4.78, 5) is 11.9. The normalized spacial score (nSPS) is 17.9. The molecule has 1 atom stereocenters. The first-order chi connectivity index (χ1) is 8.59. The quantitative estimate of drug-likeness (QED) is 0.875. The van der Waals surface area contributed by atoms with E-state index in [-0.39, 0.29) is 11.7 Å². The predicted molar refractivity (Wildman–Crippen MR) is 72.4 cm³/mol. The van der Waals surface area contributed by atoms with Gasteiger partial charge in [-0.05, 0) is 36.5 Å². The van der Waals surface area contributed by atoms with E-state index in [1.807, 2.05) is 13.1 Å². The molecule has 1 aliphatic rings. The van der Waals surface area contributed by atoms with Crippen molar-refractivity contribution in [2.24, 2.45) is 25.7 Å². The number of aryl methyl sites for hydroxylation is 2. The van der Waals surface area contributed by atoms with Crippen LogP contribution in [0.4, 0.5) is 0 Å². The fourth-order valence-electron chi connectivity index (χ4n) is 2.80. The standard InChI is InChI=1S/C14H19N3O/c1-16-11-7-6-10(13(15)9-4-3-5-9)8-12(11)17(2)14(16)18/h6-9,13H,3-5,15H2,1-2H3. The molecule has 0 saturated heterocycles. The molecular formula is C14H19N3O. The summed E-state index contributed by atoms with van der Waals surface area (Å²) in [6, 6.07) is 6.24. The summed E-state index contributed by atoms with van der Waals surface area (Å²) in [5.41, 5.74) is 9.38. The number of nitrogens with two attached hydrogens (primary N) is 1. The lowest BCUT2D eigenvalue weighted by Crippen LogP contribution is -2.26. The second-order valence-corrected chi connectivity index (χ2v) is 5.37. The molecule has 0 spiro atoms. The first-order valence-electron chi connectivity index (χ1n) is 6.50. The lowest BCUT2D eigenvalue weighted by Gasteiger charge is -2.31. The molecule has 1 fully saturated rings. The summed E-state index contributed by atoms with van der Waals surface area (Å²) in [5.74, 6) is 0.614. The minimum absolute atomic E-state index is 0.0133. The van der Waals surface area contributed by atoms with Crippen LogP contribution >= 0.6 is 0 Å². The molecule has 3 rings (SSSR count). The Kier molecular flexibility index (Phi) is 2.55. The highest BCUT2D eigenvalue weighted by atomic mass is 16.1. The number of aromatic nitrogens is 2. The van der Waals surface area contributed by atoms with E-state index in [2.05, 4.69) is 12.1 Å². The van der Waals surface area contributed by atoms with Gasteiger partial charge in [0.1, 0.15) is 0 Å². The van der Waals surface area contributed by atoms with E-state index in [1.165, 1.54) is 19.3 Å². The third-order valence-electron chi connectivity index (χ3n) is 4.34. The molecule has 96 valence electrons. The molecule has 1 aromatic heterocycles. The van der Waals surface area contributed by atoms with Crippen molar-refractivity contribution in [2.75, 3.05) is 0 Å². The molecule has 1 aromatic carbocycles. The molecule has 4 nitrogen and oxygen atoms in total. The van der Waals surface area contributed by atoms with Gasteiger partial charge >= 0.3 is 5.69 Å². The van der Waals surface area contributed by atoms with Crippen LogP contribution in [0.5, 0.6) is 0 Å². The molecule has 18 heavy (non-hydrogen) atoms. The fraction of sp³-hybridized carbons (Fsp3) is 0.500. The van der Waals surface area contributed by atoms with Gasteiger partial charge < -0.3 is 5.73 Å². The number of rotatable bonds is 2. The van der Waals surface area contributed by atoms with Gasteiger partial charge in [-0.3, -0.25) is 9.13 Å². The highest BCUT2D eigenvalue weighted by Crippen LogP contribution is 2.36. The van der Waals surface area contributed by atoms with E-state index < -0.39 is 0 Å². The zero-order chi connectivity index (χ0) is 12.9. The van der Waals surface area contributed by atoms with Gasteiger partial charge in [-0.2, -0.15) is 0 Å². The van der Waals surface area contributed by atoms with Gasteiger partial charge in [0.25, 0.3) is 0 Å². The second-order valence-electron chi connectivity index (χ2n) is 5.37. The number of hydrogen-bond acceptors (Lipinski definition) is 2. The Balaban J connectivity index is 2.10. The summed E-state index contributed by atoms with van der Waals surface area (Å²) in [6.07, 6.45) is 3.75. The van der Waals surface area contributed by atoms with E-state index in [0.29, 0.717) is 5.92 Å². The molecule has 0 aliphatic heterocycles. The van der Waals surface area contributed by atoms with Crippen molar-refractivity contribution in [1.29, 1.82) is 0 Å². The molecule has 2 N–H and O–H groups in total. The number of imidazole rings is 1. The molecular weight excluding hydrogens is 226 g/mol. The van der Waals surface area contributed by atoms with Crippen LogP contribution in [-0.4, -0.2) is 9.13 Å². The van der Waals surface area contributed by atoms with Gasteiger partial charge in [0, 0.05) is 20.1 Å². The third-order valence-corrected chi connectivity index (χ3v) is 4.34. The SMILES string of the molecule is Cn1c(=O)n(C)c2cc(C(N)C3CCC3)ccc21. The number of benzene rings is 1. The molecule has 4 heteroatoms. The van der Waals surface area contributed by atoms with Crippen molar-refractivity contribution < 1.29 is 0 Å². The predicted octanol–water partition coefficient (Wildman–Crippen LogP) is 1.68. The Bertz CT molecular complexity index is 649. The summed E-state index contributed by atoms with van der Waals surface area (Å²) in [6.45, 7) is 0. The fourth-order valence-corrected chi connectivity index (χ4v) is 2.80. The Morgan fingerprint density at radius 3 is 2.50 bits per heavy atom. The van der Waals surface area contributed by atoms with Gasteiger partial charge in [0.2, 0.25) is 0 Å². The Labute approximate surface area is 106 Å². The number of fused-ring (bicyclic) bond motifs is 1. The second kappa shape index (κ2) is 3.99. The topological polar surface area (TPSA) is 53.0 Å². The maximum Gasteiger partial charge on any atom is 0.328 e. The summed E-state index contributed by atoms with van der Waals surface area (Å²) in [5, 5.41) is 0. The molecule has 0 bridgehead atoms. The zero-order valence-electron chi connectivity index (χ0n) is 10.9. The van der Waals surface area contributed by atoms with Crippen molar-refractivity contribution in [3.63, 3.8) is 0 Å². The minimum atomic E-state index is 0.0133. The maximum absolute atomic E-state index is 11.9. The average molecular weight is 245 g/mol. The van der Waals surface area contributed by atoms with Crippen molar-refractivity contribution in [1.82, 2.24) is 9.13 Å². The van der Waals surface area contributed by atoms with Crippen molar-refractivity contribution in [2.45, 2.75) is 25.3 Å². The van der Waals surface area contributed by atoms with Gasteiger partial charge in [-0.15, -0.1) is 0 Å². The molecule has 1 aliphatic carbocycles. The molecule has 1 heterocycles. The van der Waals surface area contributed by atoms with Crippen molar-refractivity contribution >= 4 is 11.0 Å². The lowest BCUT2D eigenvalue weighted by molar-refractivity contribution is 0.264. The summed E-state index contributed by atoms with van der Waals surface area (Å²) >= 11 is 0. The van der Waals surface area contributed by atoms with Crippen LogP contribution in [0.15, 0.2) is 23.0 Å². The summed E-state index contributed by atoms with van der Waals surface area (Å²) < 4.78 is 3.36. The number of hydrogen-bond donors (Lipinski definition) is 1. The van der Waals surface area contributed by atoms with E-state index >= 15 is 0 Å². The van der Waals surface area contributed by atoms with Crippen molar-refractivity contribution in [3.05, 3.63) is 34.2 Å². The zero-order valence-corrected chi connectivity index (χ0v) is 10.9. The van der Waals surface area contributed by atoms with Gasteiger partial charge in [0.05, 0.1) is 11.0 Å². The van der Waals surface area contributed by atoms with E-state index in [0.717, 1.165) is 16.6 Å². The van der Waals surface area contributed by atoms with Gasteiger partial charge in [0.15, 0.2) is 0 Å². The summed E-state index contributed by atoms with van der Waals surface area (Å²) in [7, 11) is 3.61. The van der Waals surface area contributed by atoms with Crippen LogP contribution < -0.4 is 11.4 Å². The average Bonchev–Trinajstić information content (AvgIpc) is 2.52. The van der Waals surface area contributed by atoms with Gasteiger partial charge in [-0.25, -0.2) is 4.79 Å². The Morgan fingerprint density at radius 1 is 1.22 bits per heavy atom. The van der Waals surface area contributed by atoms with Crippen LogP contribution in [0.1, 0.15) is 30.9 Å². The third kappa shape index (κ3) is 1.52. The number of nitrogens with zero attached hydrogens (tertiary/aromatic N) is 2. The van der Waals surface area contributed by atoms with E-state index in [1.54, 1.807) is 16.2 Å². The largest absolute Gasteiger partial charge is 0.328 e. The van der Waals surface area contributed by atoms with Crippen LogP contribution in [0.3, 0.4) is 0 Å². The molecule has 1 saturated carbocycles. The van der Waals surface area contributed by atoms with Crippen LogP contribution in [0, 0.1) is 5.92 Å². The van der Waals surface area contributed by atoms with Crippen LogP contribution in [0.25, 0.3) is 11.0 Å². The first kappa shape index (κ1) is 11.5. The van der Waals surface area contributed by atoms with Crippen LogP contribution in [-0.2, 0) is 14.1 Å². The van der Waals surface area contributed by atoms with Gasteiger partial charge in [-0.1, -0.05) is 12.5 Å². The van der Waals surface area contributed by atoms with E-state index in [9.17, 15) is 4.79 Å². The first-order valence-corrected chi connectivity index (χ1v) is 6.50. The highest BCUT2D eigenvalue weighted by Gasteiger charge is 2.25. The molecule has 1 unspecified atom stereocenters. The smallest absolute Gasteiger partial charge is 0.324 e. The van der Waals surface area contributed by atoms with E-state index in [4.69, 9.17) is 5.73 Å². The Morgan fingerprint density at radius 2 is 1.89 bits per heavy atom. The minimum Gasteiger partial charge on any atom is -0.324 e.